The lowest BCUT2D eigenvalue weighted by atomic mass is 10.2. The molecule has 1 atom stereocenters. The van der Waals surface area contributed by atoms with Gasteiger partial charge >= 0.3 is 0 Å². The van der Waals surface area contributed by atoms with Crippen LogP contribution in [0.15, 0.2) is 33.7 Å². The standard InChI is InChI=1S/C12H16BrN3/c1-3-5-11-14-12(16(2)15-11)9-6-4-7-10(13)8-9/h4,6-8,12H,3,5H2,1-2H3,(H,14,15). The summed E-state index contributed by atoms with van der Waals surface area (Å²) in [5.74, 6) is 1.08. The van der Waals surface area contributed by atoms with E-state index in [0.29, 0.717) is 0 Å². The highest BCUT2D eigenvalue weighted by Crippen LogP contribution is 2.26. The summed E-state index contributed by atoms with van der Waals surface area (Å²) in [5, 5.41) is 2.05. The average molecular weight is 282 g/mol. The van der Waals surface area contributed by atoms with Gasteiger partial charge in [0.1, 0.15) is 12.0 Å². The van der Waals surface area contributed by atoms with Crippen molar-refractivity contribution in [1.82, 2.24) is 10.4 Å². The second-order valence-electron chi connectivity index (χ2n) is 3.98. The van der Waals surface area contributed by atoms with Crippen LogP contribution in [0.25, 0.3) is 0 Å². The maximum atomic E-state index is 4.68. The molecule has 86 valence electrons. The number of halogens is 1. The van der Waals surface area contributed by atoms with Gasteiger partial charge in [-0.1, -0.05) is 35.0 Å². The Morgan fingerprint density at radius 3 is 3.00 bits per heavy atom. The van der Waals surface area contributed by atoms with Gasteiger partial charge in [0, 0.05) is 17.9 Å². The first-order valence-electron chi connectivity index (χ1n) is 5.52. The number of rotatable bonds is 3. The van der Waals surface area contributed by atoms with Crippen LogP contribution in [-0.2, 0) is 0 Å². The Kier molecular flexibility index (Phi) is 3.61. The molecule has 3 nitrogen and oxygen atoms in total. The topological polar surface area (TPSA) is 27.6 Å². The van der Waals surface area contributed by atoms with Crippen LogP contribution in [-0.4, -0.2) is 17.9 Å². The fourth-order valence-electron chi connectivity index (χ4n) is 1.85. The van der Waals surface area contributed by atoms with Crippen LogP contribution in [0.4, 0.5) is 0 Å². The normalized spacial score (nSPS) is 20.7. The first-order chi connectivity index (χ1) is 7.70. The van der Waals surface area contributed by atoms with E-state index < -0.39 is 0 Å². The largest absolute Gasteiger partial charge is 0.305 e. The second kappa shape index (κ2) is 4.97. The third-order valence-electron chi connectivity index (χ3n) is 2.58. The van der Waals surface area contributed by atoms with E-state index in [2.05, 4.69) is 45.4 Å². The molecule has 16 heavy (non-hydrogen) atoms. The number of hydrazine groups is 1. The van der Waals surface area contributed by atoms with Crippen molar-refractivity contribution in [2.75, 3.05) is 7.05 Å². The molecule has 1 N–H and O–H groups in total. The summed E-state index contributed by atoms with van der Waals surface area (Å²) in [6, 6.07) is 8.29. The van der Waals surface area contributed by atoms with E-state index in [9.17, 15) is 0 Å². The van der Waals surface area contributed by atoms with Gasteiger partial charge in [0.15, 0.2) is 0 Å². The molecule has 0 fully saturated rings. The van der Waals surface area contributed by atoms with E-state index in [1.807, 2.05) is 24.2 Å². The molecule has 0 bridgehead atoms. The van der Waals surface area contributed by atoms with Gasteiger partial charge in [-0.2, -0.15) is 5.01 Å². The Balaban J connectivity index is 2.21. The molecule has 0 amide bonds. The molecular weight excluding hydrogens is 266 g/mol. The van der Waals surface area contributed by atoms with E-state index in [-0.39, 0.29) is 6.17 Å². The van der Waals surface area contributed by atoms with Crippen LogP contribution in [0.3, 0.4) is 0 Å². The lowest BCUT2D eigenvalue weighted by molar-refractivity contribution is 0.242. The average Bonchev–Trinajstić information content (AvgIpc) is 2.60. The smallest absolute Gasteiger partial charge is 0.146 e. The predicted octanol–water partition coefficient (Wildman–Crippen LogP) is 3.10. The number of amidine groups is 1. The van der Waals surface area contributed by atoms with Crippen molar-refractivity contribution in [3.63, 3.8) is 0 Å². The zero-order valence-electron chi connectivity index (χ0n) is 9.57. The zero-order valence-corrected chi connectivity index (χ0v) is 11.2. The minimum atomic E-state index is 0.0963. The number of benzene rings is 1. The molecule has 1 unspecified atom stereocenters. The van der Waals surface area contributed by atoms with Crippen molar-refractivity contribution in [2.45, 2.75) is 25.9 Å². The Bertz CT molecular complexity index is 403. The van der Waals surface area contributed by atoms with E-state index in [0.717, 1.165) is 23.1 Å². The van der Waals surface area contributed by atoms with Crippen LogP contribution >= 0.6 is 15.9 Å². The highest BCUT2D eigenvalue weighted by molar-refractivity contribution is 9.10. The highest BCUT2D eigenvalue weighted by Gasteiger charge is 2.23. The molecule has 1 aromatic rings. The van der Waals surface area contributed by atoms with Crippen LogP contribution < -0.4 is 5.43 Å². The van der Waals surface area contributed by atoms with Gasteiger partial charge in [0.05, 0.1) is 0 Å². The summed E-state index contributed by atoms with van der Waals surface area (Å²) >= 11 is 3.49. The van der Waals surface area contributed by atoms with Gasteiger partial charge in [-0.25, -0.2) is 4.99 Å². The Hall–Kier alpha value is -0.870. The summed E-state index contributed by atoms with van der Waals surface area (Å²) in [6.45, 7) is 2.16. The first kappa shape index (κ1) is 11.6. The van der Waals surface area contributed by atoms with E-state index >= 15 is 0 Å². The molecule has 0 saturated carbocycles. The summed E-state index contributed by atoms with van der Waals surface area (Å²) < 4.78 is 1.09. The minimum Gasteiger partial charge on any atom is -0.305 e. The monoisotopic (exact) mass is 281 g/mol. The lowest BCUT2D eigenvalue weighted by Gasteiger charge is -2.18. The van der Waals surface area contributed by atoms with Crippen molar-refractivity contribution in [3.8, 4) is 0 Å². The lowest BCUT2D eigenvalue weighted by Crippen LogP contribution is -2.33. The molecule has 1 aliphatic heterocycles. The van der Waals surface area contributed by atoms with Gasteiger partial charge in [-0.05, 0) is 24.1 Å². The van der Waals surface area contributed by atoms with E-state index in [1.165, 1.54) is 5.56 Å². The van der Waals surface area contributed by atoms with Gasteiger partial charge in [0.2, 0.25) is 0 Å². The Morgan fingerprint density at radius 2 is 2.31 bits per heavy atom. The summed E-state index contributed by atoms with van der Waals surface area (Å²) in [6.07, 6.45) is 2.22. The predicted molar refractivity (Wildman–Crippen MR) is 70.1 cm³/mol. The van der Waals surface area contributed by atoms with Gasteiger partial charge < -0.3 is 5.43 Å². The van der Waals surface area contributed by atoms with Gasteiger partial charge in [0.25, 0.3) is 0 Å². The summed E-state index contributed by atoms with van der Waals surface area (Å²) in [4.78, 5) is 4.68. The van der Waals surface area contributed by atoms with E-state index in [1.54, 1.807) is 0 Å². The third kappa shape index (κ3) is 2.44. The molecule has 2 rings (SSSR count). The number of nitrogens with zero attached hydrogens (tertiary/aromatic N) is 2. The number of hydrogen-bond acceptors (Lipinski definition) is 3. The number of hydrogen-bond donors (Lipinski definition) is 1. The molecule has 4 heteroatoms. The molecule has 1 aromatic carbocycles. The van der Waals surface area contributed by atoms with Crippen LogP contribution in [0.1, 0.15) is 31.5 Å². The fourth-order valence-corrected chi connectivity index (χ4v) is 2.27. The number of nitrogens with one attached hydrogen (secondary N) is 1. The molecule has 0 saturated heterocycles. The molecular formula is C12H16BrN3. The van der Waals surface area contributed by atoms with Crippen LogP contribution in [0.2, 0.25) is 0 Å². The van der Waals surface area contributed by atoms with Crippen molar-refractivity contribution < 1.29 is 0 Å². The maximum Gasteiger partial charge on any atom is 0.146 e. The maximum absolute atomic E-state index is 4.68. The Labute approximate surface area is 105 Å². The van der Waals surface area contributed by atoms with Crippen LogP contribution in [0, 0.1) is 0 Å². The number of aliphatic imine (C=N–C) groups is 1. The van der Waals surface area contributed by atoms with Gasteiger partial charge in [-0.3, -0.25) is 0 Å². The van der Waals surface area contributed by atoms with Crippen molar-refractivity contribution in [3.05, 3.63) is 34.3 Å². The third-order valence-corrected chi connectivity index (χ3v) is 3.08. The van der Waals surface area contributed by atoms with Crippen molar-refractivity contribution in [2.24, 2.45) is 4.99 Å². The molecule has 0 aromatic heterocycles. The molecule has 0 radical (unpaired) electrons. The van der Waals surface area contributed by atoms with Gasteiger partial charge in [-0.15, -0.1) is 0 Å². The molecule has 0 aliphatic carbocycles. The SMILES string of the molecule is CCCC1=NC(c2cccc(Br)c2)N(C)N1. The molecule has 1 aliphatic rings. The Morgan fingerprint density at radius 1 is 1.50 bits per heavy atom. The molecule has 0 spiro atoms. The fraction of sp³-hybridized carbons (Fsp3) is 0.417. The highest BCUT2D eigenvalue weighted by atomic mass is 79.9. The summed E-state index contributed by atoms with van der Waals surface area (Å²) in [5.41, 5.74) is 4.49. The van der Waals surface area contributed by atoms with Crippen molar-refractivity contribution >= 4 is 21.8 Å². The van der Waals surface area contributed by atoms with Crippen molar-refractivity contribution in [1.29, 1.82) is 0 Å². The minimum absolute atomic E-state index is 0.0963. The first-order valence-corrected chi connectivity index (χ1v) is 6.31. The van der Waals surface area contributed by atoms with E-state index in [4.69, 9.17) is 0 Å². The molecule has 1 heterocycles. The zero-order chi connectivity index (χ0) is 11.5. The quantitative estimate of drug-likeness (QED) is 0.922. The summed E-state index contributed by atoms with van der Waals surface area (Å²) in [7, 11) is 2.03. The second-order valence-corrected chi connectivity index (χ2v) is 4.89. The van der Waals surface area contributed by atoms with Crippen LogP contribution in [0.5, 0.6) is 0 Å².